The molecule has 0 amide bonds. The second-order valence-corrected chi connectivity index (χ2v) is 5.70. The van der Waals surface area contributed by atoms with Crippen LogP contribution in [0.2, 0.25) is 0 Å². The fourth-order valence-electron chi connectivity index (χ4n) is 2.01. The van der Waals surface area contributed by atoms with Crippen molar-refractivity contribution in [2.45, 2.75) is 13.0 Å². The van der Waals surface area contributed by atoms with Gasteiger partial charge in [-0.05, 0) is 19.1 Å². The fraction of sp³-hybridized carbons (Fsp3) is 0.133. The number of imidazole rings is 1. The largest absolute Gasteiger partial charge is 0.478 e. The SMILES string of the molecule is CC(c1cnc(-c2ccc(C(=O)O)cc2)s1)n1ccnc1. The number of aromatic carboxylic acids is 1. The van der Waals surface area contributed by atoms with Crippen molar-refractivity contribution in [3.05, 3.63) is 59.6 Å². The Labute approximate surface area is 125 Å². The molecule has 0 radical (unpaired) electrons. The zero-order chi connectivity index (χ0) is 14.8. The molecule has 3 aromatic rings. The van der Waals surface area contributed by atoms with E-state index in [1.165, 1.54) is 0 Å². The molecular weight excluding hydrogens is 286 g/mol. The summed E-state index contributed by atoms with van der Waals surface area (Å²) < 4.78 is 2.02. The molecule has 2 aromatic heterocycles. The van der Waals surface area contributed by atoms with Crippen LogP contribution in [0.4, 0.5) is 0 Å². The molecular formula is C15H13N3O2S. The van der Waals surface area contributed by atoms with Gasteiger partial charge in [-0.1, -0.05) is 12.1 Å². The van der Waals surface area contributed by atoms with Crippen molar-refractivity contribution in [3.8, 4) is 10.6 Å². The van der Waals surface area contributed by atoms with Crippen LogP contribution in [0.25, 0.3) is 10.6 Å². The average molecular weight is 299 g/mol. The quantitative estimate of drug-likeness (QED) is 0.802. The summed E-state index contributed by atoms with van der Waals surface area (Å²) in [7, 11) is 0. The topological polar surface area (TPSA) is 68.0 Å². The van der Waals surface area contributed by atoms with Gasteiger partial charge in [-0.15, -0.1) is 11.3 Å². The Morgan fingerprint density at radius 3 is 2.71 bits per heavy atom. The summed E-state index contributed by atoms with van der Waals surface area (Å²) in [6.07, 6.45) is 7.32. The van der Waals surface area contributed by atoms with E-state index in [9.17, 15) is 4.79 Å². The van der Waals surface area contributed by atoms with Crippen molar-refractivity contribution in [3.63, 3.8) is 0 Å². The van der Waals surface area contributed by atoms with Crippen molar-refractivity contribution in [1.29, 1.82) is 0 Å². The predicted molar refractivity (Wildman–Crippen MR) is 80.5 cm³/mol. The number of aromatic nitrogens is 3. The lowest BCUT2D eigenvalue weighted by atomic mass is 10.1. The molecule has 1 N–H and O–H groups in total. The summed E-state index contributed by atoms with van der Waals surface area (Å²) >= 11 is 1.60. The maximum Gasteiger partial charge on any atom is 0.335 e. The highest BCUT2D eigenvalue weighted by molar-refractivity contribution is 7.15. The molecule has 0 aliphatic heterocycles. The minimum Gasteiger partial charge on any atom is -0.478 e. The molecule has 2 heterocycles. The van der Waals surface area contributed by atoms with Crippen LogP contribution < -0.4 is 0 Å². The van der Waals surface area contributed by atoms with Gasteiger partial charge < -0.3 is 9.67 Å². The van der Waals surface area contributed by atoms with Crippen LogP contribution in [-0.4, -0.2) is 25.6 Å². The summed E-state index contributed by atoms with van der Waals surface area (Å²) in [4.78, 5) is 20.5. The van der Waals surface area contributed by atoms with E-state index in [0.29, 0.717) is 0 Å². The molecule has 6 heteroatoms. The normalized spacial score (nSPS) is 12.2. The molecule has 0 aliphatic carbocycles. The summed E-state index contributed by atoms with van der Waals surface area (Å²) in [5.74, 6) is -0.921. The van der Waals surface area contributed by atoms with Gasteiger partial charge in [0.2, 0.25) is 0 Å². The summed E-state index contributed by atoms with van der Waals surface area (Å²) in [5.41, 5.74) is 1.20. The molecule has 0 spiro atoms. The zero-order valence-electron chi connectivity index (χ0n) is 11.3. The van der Waals surface area contributed by atoms with Crippen LogP contribution in [0.15, 0.2) is 49.2 Å². The third kappa shape index (κ3) is 2.71. The van der Waals surface area contributed by atoms with Gasteiger partial charge in [0.1, 0.15) is 5.01 Å². The maximum atomic E-state index is 10.9. The molecule has 21 heavy (non-hydrogen) atoms. The molecule has 0 saturated heterocycles. The van der Waals surface area contributed by atoms with E-state index < -0.39 is 5.97 Å². The third-order valence-corrected chi connectivity index (χ3v) is 4.50. The molecule has 1 atom stereocenters. The van der Waals surface area contributed by atoms with E-state index in [0.717, 1.165) is 15.4 Å². The van der Waals surface area contributed by atoms with E-state index in [1.54, 1.807) is 48.1 Å². The zero-order valence-corrected chi connectivity index (χ0v) is 12.1. The van der Waals surface area contributed by atoms with Crippen molar-refractivity contribution >= 4 is 17.3 Å². The van der Waals surface area contributed by atoms with Crippen LogP contribution in [0.1, 0.15) is 28.2 Å². The van der Waals surface area contributed by atoms with E-state index in [4.69, 9.17) is 5.11 Å². The number of hydrogen-bond acceptors (Lipinski definition) is 4. The lowest BCUT2D eigenvalue weighted by Gasteiger charge is -2.09. The van der Waals surface area contributed by atoms with Crippen molar-refractivity contribution in [2.24, 2.45) is 0 Å². The van der Waals surface area contributed by atoms with Gasteiger partial charge in [-0.3, -0.25) is 0 Å². The van der Waals surface area contributed by atoms with Crippen molar-refractivity contribution in [1.82, 2.24) is 14.5 Å². The van der Waals surface area contributed by atoms with Gasteiger partial charge in [0.25, 0.3) is 0 Å². The number of rotatable bonds is 4. The lowest BCUT2D eigenvalue weighted by molar-refractivity contribution is 0.0697. The molecule has 0 saturated carbocycles. The molecule has 0 aliphatic rings. The predicted octanol–water partition coefficient (Wildman–Crippen LogP) is 3.31. The Kier molecular flexibility index (Phi) is 3.53. The van der Waals surface area contributed by atoms with Gasteiger partial charge in [0.05, 0.1) is 17.9 Å². The average Bonchev–Trinajstić information content (AvgIpc) is 3.18. The first-order valence-corrected chi connectivity index (χ1v) is 7.23. The number of carbonyl (C=O) groups is 1. The minimum absolute atomic E-state index is 0.178. The van der Waals surface area contributed by atoms with Crippen LogP contribution in [-0.2, 0) is 0 Å². The molecule has 1 aromatic carbocycles. The molecule has 1 unspecified atom stereocenters. The molecule has 0 fully saturated rings. The maximum absolute atomic E-state index is 10.9. The highest BCUT2D eigenvalue weighted by Crippen LogP contribution is 2.30. The third-order valence-electron chi connectivity index (χ3n) is 3.29. The summed E-state index contributed by atoms with van der Waals surface area (Å²) in [5, 5.41) is 9.79. The van der Waals surface area contributed by atoms with Crippen LogP contribution >= 0.6 is 11.3 Å². The van der Waals surface area contributed by atoms with E-state index >= 15 is 0 Å². The molecule has 0 bridgehead atoms. The highest BCUT2D eigenvalue weighted by atomic mass is 32.1. The number of benzene rings is 1. The lowest BCUT2D eigenvalue weighted by Crippen LogP contribution is -2.01. The van der Waals surface area contributed by atoms with Crippen molar-refractivity contribution in [2.75, 3.05) is 0 Å². The number of nitrogens with zero attached hydrogens (tertiary/aromatic N) is 3. The Morgan fingerprint density at radius 1 is 1.33 bits per heavy atom. The number of carboxylic acid groups (broad SMARTS) is 1. The van der Waals surface area contributed by atoms with E-state index in [2.05, 4.69) is 16.9 Å². The number of hydrogen-bond donors (Lipinski definition) is 1. The second-order valence-electron chi connectivity index (χ2n) is 4.64. The second kappa shape index (κ2) is 5.49. The first kappa shape index (κ1) is 13.5. The minimum atomic E-state index is -0.921. The fourth-order valence-corrected chi connectivity index (χ4v) is 2.99. The van der Waals surface area contributed by atoms with Crippen LogP contribution in [0, 0.1) is 0 Å². The van der Waals surface area contributed by atoms with E-state index in [-0.39, 0.29) is 11.6 Å². The molecule has 106 valence electrons. The van der Waals surface area contributed by atoms with Crippen LogP contribution in [0.5, 0.6) is 0 Å². The number of carboxylic acids is 1. The van der Waals surface area contributed by atoms with Gasteiger partial charge in [0, 0.05) is 29.0 Å². The standard InChI is InChI=1S/C15H13N3O2S/c1-10(18-7-6-16-9-18)13-8-17-14(21-13)11-2-4-12(5-3-11)15(19)20/h2-10H,1H3,(H,19,20). The van der Waals surface area contributed by atoms with Gasteiger partial charge in [0.15, 0.2) is 0 Å². The Balaban J connectivity index is 1.86. The van der Waals surface area contributed by atoms with Gasteiger partial charge in [-0.25, -0.2) is 14.8 Å². The van der Waals surface area contributed by atoms with Crippen LogP contribution in [0.3, 0.4) is 0 Å². The summed E-state index contributed by atoms with van der Waals surface area (Å²) in [6.45, 7) is 2.09. The van der Waals surface area contributed by atoms with Crippen molar-refractivity contribution < 1.29 is 9.90 Å². The number of thiazole rings is 1. The van der Waals surface area contributed by atoms with E-state index in [1.807, 2.05) is 17.0 Å². The van der Waals surface area contributed by atoms with Gasteiger partial charge >= 0.3 is 5.97 Å². The molecule has 3 rings (SSSR count). The van der Waals surface area contributed by atoms with Gasteiger partial charge in [-0.2, -0.15) is 0 Å². The Morgan fingerprint density at radius 2 is 2.10 bits per heavy atom. The first-order valence-electron chi connectivity index (χ1n) is 6.42. The molecule has 5 nitrogen and oxygen atoms in total. The smallest absolute Gasteiger partial charge is 0.335 e. The first-order chi connectivity index (χ1) is 10.1. The summed E-state index contributed by atoms with van der Waals surface area (Å²) in [6, 6.07) is 6.94. The highest BCUT2D eigenvalue weighted by Gasteiger charge is 2.12. The Hall–Kier alpha value is -2.47. The monoisotopic (exact) mass is 299 g/mol. The Bertz CT molecular complexity index is 748.